The fraction of sp³-hybridized carbons (Fsp3) is 0.900. The third kappa shape index (κ3) is 3.95. The van der Waals surface area contributed by atoms with Crippen molar-refractivity contribution in [2.24, 2.45) is 23.7 Å². The number of ether oxygens (including phenoxy) is 2. The lowest BCUT2D eigenvalue weighted by Gasteiger charge is -2.60. The first kappa shape index (κ1) is 18.5. The van der Waals surface area contributed by atoms with Gasteiger partial charge in [0.1, 0.15) is 5.60 Å². The monoisotopic (exact) mass is 351 g/mol. The molecule has 0 atom stereocenters. The van der Waals surface area contributed by atoms with Gasteiger partial charge < -0.3 is 14.8 Å². The van der Waals surface area contributed by atoms with E-state index in [4.69, 9.17) is 9.47 Å². The molecule has 5 heteroatoms. The number of rotatable bonds is 8. The van der Waals surface area contributed by atoms with Gasteiger partial charge in [0.15, 0.2) is 0 Å². The van der Waals surface area contributed by atoms with Crippen molar-refractivity contribution in [1.82, 2.24) is 5.32 Å². The second-order valence-electron chi connectivity index (χ2n) is 8.23. The molecule has 1 N–H and O–H groups in total. The predicted molar refractivity (Wildman–Crippen MR) is 95.0 cm³/mol. The minimum Gasteiger partial charge on any atom is -0.466 e. The van der Waals surface area contributed by atoms with E-state index in [9.17, 15) is 9.59 Å². The average Bonchev–Trinajstić information content (AvgIpc) is 2.56. The van der Waals surface area contributed by atoms with E-state index < -0.39 is 0 Å². The van der Waals surface area contributed by atoms with Gasteiger partial charge in [0.05, 0.1) is 6.61 Å². The highest BCUT2D eigenvalue weighted by Gasteiger charge is 2.58. The molecule has 4 aliphatic carbocycles. The van der Waals surface area contributed by atoms with Gasteiger partial charge in [-0.05, 0) is 75.5 Å². The number of amides is 1. The Morgan fingerprint density at radius 2 is 1.68 bits per heavy atom. The molecule has 4 rings (SSSR count). The van der Waals surface area contributed by atoms with Crippen LogP contribution in [0.1, 0.15) is 71.6 Å². The standard InChI is InChI=1S/C20H33NO4/c1-3-7-20(16-10-14-9-15(12-16)13-17(20)11-14)25-19(23)21-8-5-6-18(22)24-4-2/h14-17H,3-13H2,1-2H3,(H,21,23). The van der Waals surface area contributed by atoms with Gasteiger partial charge in [-0.15, -0.1) is 0 Å². The molecule has 0 spiro atoms. The molecule has 0 aromatic heterocycles. The molecule has 0 aromatic carbocycles. The number of nitrogens with one attached hydrogen (secondary N) is 1. The van der Waals surface area contributed by atoms with E-state index in [1.807, 2.05) is 0 Å². The second-order valence-corrected chi connectivity index (χ2v) is 8.23. The van der Waals surface area contributed by atoms with Crippen molar-refractivity contribution in [2.75, 3.05) is 13.2 Å². The highest BCUT2D eigenvalue weighted by atomic mass is 16.6. The fourth-order valence-electron chi connectivity index (χ4n) is 5.86. The van der Waals surface area contributed by atoms with Crippen LogP contribution in [0.4, 0.5) is 4.79 Å². The van der Waals surface area contributed by atoms with Gasteiger partial charge in [0.2, 0.25) is 0 Å². The van der Waals surface area contributed by atoms with Crippen LogP contribution in [0.3, 0.4) is 0 Å². The van der Waals surface area contributed by atoms with Crippen molar-refractivity contribution in [3.8, 4) is 0 Å². The van der Waals surface area contributed by atoms with Gasteiger partial charge in [0.25, 0.3) is 0 Å². The summed E-state index contributed by atoms with van der Waals surface area (Å²) in [7, 11) is 0. The van der Waals surface area contributed by atoms with Crippen molar-refractivity contribution in [3.05, 3.63) is 0 Å². The van der Waals surface area contributed by atoms with Crippen molar-refractivity contribution >= 4 is 12.1 Å². The third-order valence-electron chi connectivity index (χ3n) is 6.58. The fourth-order valence-corrected chi connectivity index (χ4v) is 5.86. The Morgan fingerprint density at radius 1 is 1.04 bits per heavy atom. The minimum atomic E-state index is -0.301. The molecule has 0 radical (unpaired) electrons. The number of carbonyl (C=O) groups is 2. The highest BCUT2D eigenvalue weighted by molar-refractivity contribution is 5.70. The van der Waals surface area contributed by atoms with E-state index >= 15 is 0 Å². The van der Waals surface area contributed by atoms with E-state index in [-0.39, 0.29) is 17.7 Å². The maximum Gasteiger partial charge on any atom is 0.407 e. The summed E-state index contributed by atoms with van der Waals surface area (Å²) in [6.07, 6.45) is 9.02. The summed E-state index contributed by atoms with van der Waals surface area (Å²) >= 11 is 0. The van der Waals surface area contributed by atoms with Gasteiger partial charge in [-0.3, -0.25) is 4.79 Å². The van der Waals surface area contributed by atoms with Gasteiger partial charge >= 0.3 is 12.1 Å². The molecule has 0 saturated heterocycles. The normalized spacial score (nSPS) is 35.4. The molecule has 0 heterocycles. The van der Waals surface area contributed by atoms with E-state index in [2.05, 4.69) is 12.2 Å². The van der Waals surface area contributed by atoms with Crippen LogP contribution in [-0.4, -0.2) is 30.8 Å². The molecule has 1 amide bonds. The van der Waals surface area contributed by atoms with Crippen LogP contribution in [0.5, 0.6) is 0 Å². The summed E-state index contributed by atoms with van der Waals surface area (Å²) in [6.45, 7) is 4.85. The summed E-state index contributed by atoms with van der Waals surface area (Å²) in [5.41, 5.74) is -0.243. The van der Waals surface area contributed by atoms with Gasteiger partial charge in [-0.1, -0.05) is 13.3 Å². The Bertz CT molecular complexity index is 462. The molecule has 142 valence electrons. The van der Waals surface area contributed by atoms with E-state index in [1.165, 1.54) is 32.1 Å². The topological polar surface area (TPSA) is 64.6 Å². The second kappa shape index (κ2) is 7.96. The van der Waals surface area contributed by atoms with Gasteiger partial charge in [-0.2, -0.15) is 0 Å². The van der Waals surface area contributed by atoms with Crippen LogP contribution >= 0.6 is 0 Å². The SMILES string of the molecule is CCCC1(OC(=O)NCCCC(=O)OCC)C2CC3CC(C2)CC1C3. The summed E-state index contributed by atoms with van der Waals surface area (Å²) in [5.74, 6) is 2.62. The highest BCUT2D eigenvalue weighted by Crippen LogP contribution is 2.60. The van der Waals surface area contributed by atoms with Crippen molar-refractivity contribution < 1.29 is 19.1 Å². The zero-order valence-corrected chi connectivity index (χ0v) is 15.7. The Labute approximate surface area is 151 Å². The molecule has 0 aromatic rings. The van der Waals surface area contributed by atoms with E-state index in [0.717, 1.165) is 24.7 Å². The molecular weight excluding hydrogens is 318 g/mol. The lowest BCUT2D eigenvalue weighted by atomic mass is 9.49. The molecular formula is C20H33NO4. The number of alkyl carbamates (subject to hydrolysis) is 1. The van der Waals surface area contributed by atoms with Crippen molar-refractivity contribution in [1.29, 1.82) is 0 Å². The van der Waals surface area contributed by atoms with Gasteiger partial charge in [-0.25, -0.2) is 4.79 Å². The van der Waals surface area contributed by atoms with E-state index in [0.29, 0.717) is 37.8 Å². The molecule has 4 fully saturated rings. The van der Waals surface area contributed by atoms with Gasteiger partial charge in [0, 0.05) is 13.0 Å². The zero-order chi connectivity index (χ0) is 17.9. The first-order valence-electron chi connectivity index (χ1n) is 10.2. The smallest absolute Gasteiger partial charge is 0.407 e. The van der Waals surface area contributed by atoms with E-state index in [1.54, 1.807) is 6.92 Å². The maximum atomic E-state index is 12.4. The number of carbonyl (C=O) groups excluding carboxylic acids is 2. The van der Waals surface area contributed by atoms with Crippen LogP contribution in [0.25, 0.3) is 0 Å². The van der Waals surface area contributed by atoms with Crippen molar-refractivity contribution in [2.45, 2.75) is 77.2 Å². The quantitative estimate of drug-likeness (QED) is 0.529. The van der Waals surface area contributed by atoms with Crippen LogP contribution in [0.2, 0.25) is 0 Å². The number of esters is 1. The predicted octanol–water partition coefficient (Wildman–Crippen LogP) is 4.05. The lowest BCUT2D eigenvalue weighted by molar-refractivity contribution is -0.176. The Kier molecular flexibility index (Phi) is 5.90. The Morgan fingerprint density at radius 3 is 2.24 bits per heavy atom. The number of hydrogen-bond donors (Lipinski definition) is 1. The first-order valence-corrected chi connectivity index (χ1v) is 10.2. The largest absolute Gasteiger partial charge is 0.466 e. The zero-order valence-electron chi connectivity index (χ0n) is 15.7. The molecule has 0 aliphatic heterocycles. The first-order chi connectivity index (χ1) is 12.1. The number of hydrogen-bond acceptors (Lipinski definition) is 4. The van der Waals surface area contributed by atoms with Crippen LogP contribution < -0.4 is 5.32 Å². The summed E-state index contributed by atoms with van der Waals surface area (Å²) in [4.78, 5) is 23.8. The average molecular weight is 351 g/mol. The van der Waals surface area contributed by atoms with Crippen LogP contribution in [0.15, 0.2) is 0 Å². The molecule has 4 saturated carbocycles. The molecule has 5 nitrogen and oxygen atoms in total. The minimum absolute atomic E-state index is 0.207. The Hall–Kier alpha value is -1.26. The molecule has 4 aliphatic rings. The third-order valence-corrected chi connectivity index (χ3v) is 6.58. The van der Waals surface area contributed by atoms with Crippen LogP contribution in [0, 0.1) is 23.7 Å². The Balaban J connectivity index is 1.52. The molecule has 4 bridgehead atoms. The molecule has 25 heavy (non-hydrogen) atoms. The maximum absolute atomic E-state index is 12.4. The summed E-state index contributed by atoms with van der Waals surface area (Å²) in [6, 6.07) is 0. The molecule has 0 unspecified atom stereocenters. The summed E-state index contributed by atoms with van der Waals surface area (Å²) < 4.78 is 11.0. The summed E-state index contributed by atoms with van der Waals surface area (Å²) in [5, 5.41) is 2.85. The van der Waals surface area contributed by atoms with Crippen molar-refractivity contribution in [3.63, 3.8) is 0 Å². The lowest BCUT2D eigenvalue weighted by Crippen LogP contribution is -2.60. The van der Waals surface area contributed by atoms with Crippen LogP contribution in [-0.2, 0) is 14.3 Å².